The Hall–Kier alpha value is -3.52. The summed E-state index contributed by atoms with van der Waals surface area (Å²) in [5, 5.41) is 6.09. The number of anilines is 1. The summed E-state index contributed by atoms with van der Waals surface area (Å²) in [6.07, 6.45) is 4.17. The first kappa shape index (κ1) is 30.9. The van der Waals surface area contributed by atoms with Crippen molar-refractivity contribution in [3.8, 4) is 17.2 Å². The molecule has 1 atom stereocenters. The maximum absolute atomic E-state index is 13.9. The molecule has 0 radical (unpaired) electrons. The summed E-state index contributed by atoms with van der Waals surface area (Å²) in [4.78, 5) is 18.7. The molecular formula is C30H31BrN4O6S2. The van der Waals surface area contributed by atoms with E-state index in [-0.39, 0.29) is 16.5 Å². The number of carbonyl (C=O) groups is 1. The highest BCUT2D eigenvalue weighted by Gasteiger charge is 2.31. The molecule has 0 spiro atoms. The molecule has 4 aromatic rings. The van der Waals surface area contributed by atoms with Gasteiger partial charge in [-0.15, -0.1) is 0 Å². The molecule has 1 aliphatic rings. The standard InChI is InChI=1S/C30H31BrN4O6S2/c1-19-7-5-6-14-34(19)43(37,38)23-11-8-21(9-12-23)29(36)35(30-33-24-13-10-22(31)17-27(24)42-30)32-18-20-15-25(39-2)28(41-4)26(16-20)40-3/h8-13,15-19H,5-7,14H2,1-4H3/b32-18+. The molecule has 1 saturated heterocycles. The van der Waals surface area contributed by atoms with E-state index < -0.39 is 15.9 Å². The average molecular weight is 688 g/mol. The van der Waals surface area contributed by atoms with Crippen molar-refractivity contribution in [1.29, 1.82) is 0 Å². The van der Waals surface area contributed by atoms with Gasteiger partial charge in [-0.1, -0.05) is 33.7 Å². The number of fused-ring (bicyclic) bond motifs is 1. The predicted molar refractivity (Wildman–Crippen MR) is 171 cm³/mol. The van der Waals surface area contributed by atoms with Crippen LogP contribution in [-0.2, 0) is 10.0 Å². The Morgan fingerprint density at radius 1 is 1.05 bits per heavy atom. The maximum atomic E-state index is 13.9. The predicted octanol–water partition coefficient (Wildman–Crippen LogP) is 6.33. The van der Waals surface area contributed by atoms with E-state index in [2.05, 4.69) is 26.0 Å². The first-order valence-electron chi connectivity index (χ1n) is 13.5. The van der Waals surface area contributed by atoms with E-state index in [9.17, 15) is 13.2 Å². The summed E-state index contributed by atoms with van der Waals surface area (Å²) in [5.41, 5.74) is 1.56. The molecule has 0 aliphatic carbocycles. The van der Waals surface area contributed by atoms with E-state index in [0.29, 0.717) is 40.0 Å². The fourth-order valence-electron chi connectivity index (χ4n) is 4.92. The van der Waals surface area contributed by atoms with Crippen LogP contribution in [0.5, 0.6) is 17.2 Å². The largest absolute Gasteiger partial charge is 0.493 e. The summed E-state index contributed by atoms with van der Waals surface area (Å²) in [6.45, 7) is 2.41. The number of aromatic nitrogens is 1. The molecule has 10 nitrogen and oxygen atoms in total. The van der Waals surface area contributed by atoms with Crippen LogP contribution in [0.15, 0.2) is 69.1 Å². The van der Waals surface area contributed by atoms with E-state index in [4.69, 9.17) is 14.2 Å². The quantitative estimate of drug-likeness (QED) is 0.149. The third kappa shape index (κ3) is 6.40. The molecule has 0 saturated carbocycles. The van der Waals surface area contributed by atoms with Crippen LogP contribution in [-0.4, -0.2) is 63.7 Å². The van der Waals surface area contributed by atoms with Crippen molar-refractivity contribution < 1.29 is 27.4 Å². The molecule has 1 aromatic heterocycles. The highest BCUT2D eigenvalue weighted by molar-refractivity contribution is 9.10. The van der Waals surface area contributed by atoms with Crippen molar-refractivity contribution in [2.45, 2.75) is 37.1 Å². The Morgan fingerprint density at radius 2 is 1.74 bits per heavy atom. The number of rotatable bonds is 9. The lowest BCUT2D eigenvalue weighted by Gasteiger charge is -2.32. The zero-order valence-electron chi connectivity index (χ0n) is 24.1. The van der Waals surface area contributed by atoms with Gasteiger partial charge in [-0.2, -0.15) is 14.4 Å². The fourth-order valence-corrected chi connectivity index (χ4v) is 8.10. The number of sulfonamides is 1. The fraction of sp³-hybridized carbons (Fsp3) is 0.300. The summed E-state index contributed by atoms with van der Waals surface area (Å²) in [5.74, 6) is 0.828. The Morgan fingerprint density at radius 3 is 2.37 bits per heavy atom. The van der Waals surface area contributed by atoms with Gasteiger partial charge >= 0.3 is 0 Å². The van der Waals surface area contributed by atoms with Crippen LogP contribution in [0.2, 0.25) is 0 Å². The molecule has 1 aliphatic heterocycles. The molecule has 3 aromatic carbocycles. The number of piperidine rings is 1. The SMILES string of the molecule is COc1cc(/C=N/N(C(=O)c2ccc(S(=O)(=O)N3CCCCC3C)cc2)c2nc3ccc(Br)cc3s2)cc(OC)c1OC. The maximum Gasteiger partial charge on any atom is 0.280 e. The van der Waals surface area contributed by atoms with E-state index in [1.807, 2.05) is 25.1 Å². The molecule has 1 amide bonds. The second kappa shape index (κ2) is 13.0. The Bertz CT molecular complexity index is 1750. The third-order valence-electron chi connectivity index (χ3n) is 7.17. The van der Waals surface area contributed by atoms with Gasteiger partial charge in [0.15, 0.2) is 11.5 Å². The number of carbonyl (C=O) groups excluding carboxylic acids is 1. The Labute approximate surface area is 263 Å². The number of hydrogen-bond acceptors (Lipinski definition) is 9. The van der Waals surface area contributed by atoms with Crippen LogP contribution < -0.4 is 19.2 Å². The number of ether oxygens (including phenoxy) is 3. The van der Waals surface area contributed by atoms with Crippen molar-refractivity contribution in [2.75, 3.05) is 32.9 Å². The van der Waals surface area contributed by atoms with E-state index >= 15 is 0 Å². The Balaban J connectivity index is 1.52. The number of thiazole rings is 1. The van der Waals surface area contributed by atoms with Crippen LogP contribution in [0.25, 0.3) is 10.2 Å². The van der Waals surface area contributed by atoms with Gasteiger partial charge in [0.2, 0.25) is 20.9 Å². The van der Waals surface area contributed by atoms with Crippen LogP contribution in [0.3, 0.4) is 0 Å². The molecule has 0 bridgehead atoms. The van der Waals surface area contributed by atoms with Gasteiger partial charge in [0.05, 0.1) is 42.7 Å². The number of methoxy groups -OCH3 is 3. The highest BCUT2D eigenvalue weighted by Crippen LogP contribution is 2.38. The summed E-state index contributed by atoms with van der Waals surface area (Å²) < 4.78 is 46.3. The zero-order valence-corrected chi connectivity index (χ0v) is 27.3. The number of benzene rings is 3. The molecule has 13 heteroatoms. The highest BCUT2D eigenvalue weighted by atomic mass is 79.9. The summed E-state index contributed by atoms with van der Waals surface area (Å²) >= 11 is 4.79. The van der Waals surface area contributed by atoms with E-state index in [0.717, 1.165) is 28.4 Å². The molecule has 1 fully saturated rings. The average Bonchev–Trinajstić information content (AvgIpc) is 3.43. The first-order valence-corrected chi connectivity index (χ1v) is 16.6. The first-order chi connectivity index (χ1) is 20.7. The van der Waals surface area contributed by atoms with Crippen LogP contribution >= 0.6 is 27.3 Å². The number of halogens is 1. The van der Waals surface area contributed by atoms with Gasteiger partial charge in [0, 0.05) is 28.2 Å². The lowest BCUT2D eigenvalue weighted by atomic mass is 10.1. The number of nitrogens with zero attached hydrogens (tertiary/aromatic N) is 4. The zero-order chi connectivity index (χ0) is 30.7. The molecule has 1 unspecified atom stereocenters. The minimum atomic E-state index is -3.68. The summed E-state index contributed by atoms with van der Waals surface area (Å²) in [6, 6.07) is 15.0. The number of hydrazone groups is 1. The monoisotopic (exact) mass is 686 g/mol. The topological polar surface area (TPSA) is 111 Å². The second-order valence-electron chi connectivity index (χ2n) is 9.91. The van der Waals surface area contributed by atoms with Crippen molar-refractivity contribution in [1.82, 2.24) is 9.29 Å². The summed E-state index contributed by atoms with van der Waals surface area (Å²) in [7, 11) is 0.869. The lowest BCUT2D eigenvalue weighted by Crippen LogP contribution is -2.41. The van der Waals surface area contributed by atoms with Crippen LogP contribution in [0, 0.1) is 0 Å². The van der Waals surface area contributed by atoms with Gasteiger partial charge in [-0.25, -0.2) is 13.4 Å². The minimum absolute atomic E-state index is 0.0702. The van der Waals surface area contributed by atoms with Gasteiger partial charge in [0.25, 0.3) is 5.91 Å². The van der Waals surface area contributed by atoms with Crippen molar-refractivity contribution in [3.05, 3.63) is 70.2 Å². The van der Waals surface area contributed by atoms with Gasteiger partial charge in [-0.05, 0) is 74.4 Å². The Kier molecular flexibility index (Phi) is 9.35. The molecule has 43 heavy (non-hydrogen) atoms. The van der Waals surface area contributed by atoms with Gasteiger partial charge in [0.1, 0.15) is 0 Å². The second-order valence-corrected chi connectivity index (χ2v) is 13.7. The minimum Gasteiger partial charge on any atom is -0.493 e. The van der Waals surface area contributed by atoms with Crippen molar-refractivity contribution >= 4 is 64.8 Å². The van der Waals surface area contributed by atoms with E-state index in [1.165, 1.54) is 68.2 Å². The van der Waals surface area contributed by atoms with Gasteiger partial charge < -0.3 is 14.2 Å². The number of amides is 1. The lowest BCUT2D eigenvalue weighted by molar-refractivity contribution is 0.0987. The molecule has 0 N–H and O–H groups in total. The normalized spacial score (nSPS) is 16.0. The molecular weight excluding hydrogens is 656 g/mol. The van der Waals surface area contributed by atoms with Crippen LogP contribution in [0.4, 0.5) is 5.13 Å². The number of hydrogen-bond donors (Lipinski definition) is 0. The third-order valence-corrected chi connectivity index (χ3v) is 10.7. The van der Waals surface area contributed by atoms with Crippen LogP contribution in [0.1, 0.15) is 42.1 Å². The molecule has 2 heterocycles. The van der Waals surface area contributed by atoms with Crippen molar-refractivity contribution in [3.63, 3.8) is 0 Å². The van der Waals surface area contributed by atoms with E-state index in [1.54, 1.807) is 16.4 Å². The smallest absolute Gasteiger partial charge is 0.280 e. The molecule has 5 rings (SSSR count). The molecule has 226 valence electrons. The van der Waals surface area contributed by atoms with Crippen molar-refractivity contribution in [2.24, 2.45) is 5.10 Å². The van der Waals surface area contributed by atoms with Gasteiger partial charge in [-0.3, -0.25) is 4.79 Å².